The molecule has 3 aliphatic carbocycles. The van der Waals surface area contributed by atoms with Gasteiger partial charge in [-0.2, -0.15) is 0 Å². The van der Waals surface area contributed by atoms with E-state index < -0.39 is 23.9 Å². The Bertz CT molecular complexity index is 3850. The van der Waals surface area contributed by atoms with Crippen molar-refractivity contribution in [2.45, 2.75) is 11.8 Å². The van der Waals surface area contributed by atoms with Gasteiger partial charge in [0, 0.05) is 45.2 Å². The van der Waals surface area contributed by atoms with Crippen LogP contribution in [0.4, 0.5) is 0 Å². The topological polar surface area (TPSA) is 51.6 Å². The molecule has 2 bridgehead atoms. The molecule has 2 heterocycles. The van der Waals surface area contributed by atoms with Crippen LogP contribution >= 0.6 is 0 Å². The summed E-state index contributed by atoms with van der Waals surface area (Å²) >= 11 is 0. The van der Waals surface area contributed by atoms with E-state index in [9.17, 15) is 8.22 Å². The standard InChI is InChI=1S/C64H42N4/c1-5-15-41(16-6-1)43-25-29-45(30-26-43)57-39-59(67-63(65-57)47-19-9-3-10-20-47)49-33-35-53-55(37-49)61-51-23-13-14-24-52(51)62(53)56-38-50(34-36-54(56)61)60-40-58(66-64(68-60)48-21-11-4-12-22-48)46-31-27-44(28-32-46)42-17-7-2-8-18-42/h1-40,61-62H/i13D,14D,23D,24D,35D,36D,37D,38D. The van der Waals surface area contributed by atoms with Crippen LogP contribution < -0.4 is 0 Å². The second-order valence-electron chi connectivity index (χ2n) is 17.0. The van der Waals surface area contributed by atoms with Crippen molar-refractivity contribution in [2.75, 3.05) is 0 Å². The van der Waals surface area contributed by atoms with Crippen LogP contribution in [0, 0.1) is 0 Å². The molecule has 318 valence electrons. The second kappa shape index (κ2) is 16.5. The van der Waals surface area contributed by atoms with Crippen molar-refractivity contribution in [3.63, 3.8) is 0 Å². The van der Waals surface area contributed by atoms with Crippen LogP contribution in [0.15, 0.2) is 242 Å². The van der Waals surface area contributed by atoms with Gasteiger partial charge in [0.1, 0.15) is 0 Å². The molecule has 2 unspecified atom stereocenters. The van der Waals surface area contributed by atoms with Crippen LogP contribution in [0.2, 0.25) is 0 Å². The molecule has 0 amide bonds. The summed E-state index contributed by atoms with van der Waals surface area (Å²) in [6.07, 6.45) is 0. The fourth-order valence-corrected chi connectivity index (χ4v) is 9.64. The third-order valence-electron chi connectivity index (χ3n) is 13.0. The summed E-state index contributed by atoms with van der Waals surface area (Å²) in [5.41, 5.74) is 11.9. The van der Waals surface area contributed by atoms with Gasteiger partial charge in [0.15, 0.2) is 11.6 Å². The zero-order valence-electron chi connectivity index (χ0n) is 44.4. The minimum Gasteiger partial charge on any atom is -0.228 e. The van der Waals surface area contributed by atoms with Gasteiger partial charge in [-0.15, -0.1) is 0 Å². The Morgan fingerprint density at radius 2 is 0.559 bits per heavy atom. The van der Waals surface area contributed by atoms with Gasteiger partial charge in [0.05, 0.1) is 33.7 Å². The Hall–Kier alpha value is -8.86. The van der Waals surface area contributed by atoms with E-state index in [0.29, 0.717) is 67.8 Å². The average molecular weight is 875 g/mol. The molecule has 14 rings (SSSR count). The van der Waals surface area contributed by atoms with Gasteiger partial charge in [-0.1, -0.05) is 218 Å². The van der Waals surface area contributed by atoms with E-state index in [0.717, 1.165) is 44.5 Å². The molecule has 0 radical (unpaired) electrons. The second-order valence-corrected chi connectivity index (χ2v) is 17.0. The Morgan fingerprint density at radius 3 is 0.926 bits per heavy atom. The molecule has 0 saturated heterocycles. The number of rotatable bonds is 8. The molecular formula is C64H42N4. The van der Waals surface area contributed by atoms with Crippen molar-refractivity contribution in [3.05, 3.63) is 276 Å². The van der Waals surface area contributed by atoms with E-state index in [-0.39, 0.29) is 47.4 Å². The first-order chi connectivity index (χ1) is 37.0. The van der Waals surface area contributed by atoms with E-state index in [1.807, 2.05) is 158 Å². The molecular weight excluding hydrogens is 825 g/mol. The summed E-state index contributed by atoms with van der Waals surface area (Å²) in [5.74, 6) is -1.36. The molecule has 4 nitrogen and oxygen atoms in total. The SMILES string of the molecule is [2H]c1cc(-c2cc(-c3ccc(-c4ccccc4)cc3)nc(-c3ccccc3)n2)c([2H])c2c1C1c3c([2H])c(-c4cc(-c5ccc(-c6ccccc6)cc5)nc(-c5ccccc5)n4)cc([2H])c3C2c2c([2H])c([2H])c([2H])c([2H])c21. The lowest BCUT2D eigenvalue weighted by Crippen LogP contribution is -2.27. The van der Waals surface area contributed by atoms with Gasteiger partial charge >= 0.3 is 0 Å². The molecule has 9 aromatic carbocycles. The average Bonchev–Trinajstić information content (AvgIpc) is 3.61. The molecule has 11 aromatic rings. The lowest BCUT2D eigenvalue weighted by atomic mass is 9.60. The van der Waals surface area contributed by atoms with Crippen molar-refractivity contribution in [1.29, 1.82) is 0 Å². The Labute approximate surface area is 407 Å². The van der Waals surface area contributed by atoms with Gasteiger partial charge in [0.2, 0.25) is 0 Å². The molecule has 2 atom stereocenters. The van der Waals surface area contributed by atoms with Crippen LogP contribution in [0.1, 0.15) is 56.2 Å². The number of nitrogens with zero attached hydrogens (tertiary/aromatic N) is 4. The number of hydrogen-bond acceptors (Lipinski definition) is 4. The zero-order valence-corrected chi connectivity index (χ0v) is 36.4. The number of benzene rings is 9. The molecule has 4 heteroatoms. The quantitative estimate of drug-likeness (QED) is 0.153. The highest BCUT2D eigenvalue weighted by molar-refractivity contribution is 5.80. The van der Waals surface area contributed by atoms with Crippen LogP contribution in [-0.2, 0) is 0 Å². The lowest BCUT2D eigenvalue weighted by Gasteiger charge is -2.42. The Morgan fingerprint density at radius 1 is 0.265 bits per heavy atom. The van der Waals surface area contributed by atoms with Crippen LogP contribution in [0.3, 0.4) is 0 Å². The largest absolute Gasteiger partial charge is 0.228 e. The fourth-order valence-electron chi connectivity index (χ4n) is 9.64. The Balaban J connectivity index is 0.998. The van der Waals surface area contributed by atoms with Crippen LogP contribution in [0.25, 0.3) is 90.1 Å². The van der Waals surface area contributed by atoms with E-state index in [1.54, 1.807) is 12.1 Å². The van der Waals surface area contributed by atoms with Crippen molar-refractivity contribution in [1.82, 2.24) is 19.9 Å². The molecule has 0 fully saturated rings. The van der Waals surface area contributed by atoms with Crippen LogP contribution in [-0.4, -0.2) is 19.9 Å². The molecule has 0 spiro atoms. The third-order valence-corrected chi connectivity index (χ3v) is 13.0. The molecule has 68 heavy (non-hydrogen) atoms. The normalized spacial score (nSPS) is 15.8. The molecule has 2 aromatic heterocycles. The minimum atomic E-state index is -1.10. The number of aromatic nitrogens is 4. The zero-order chi connectivity index (χ0) is 51.9. The smallest absolute Gasteiger partial charge is 0.160 e. The highest BCUT2D eigenvalue weighted by atomic mass is 14.9. The summed E-state index contributed by atoms with van der Waals surface area (Å²) in [7, 11) is 0. The first-order valence-electron chi connectivity index (χ1n) is 26.6. The maximum absolute atomic E-state index is 10.2. The highest BCUT2D eigenvalue weighted by Gasteiger charge is 2.41. The maximum Gasteiger partial charge on any atom is 0.160 e. The third kappa shape index (κ3) is 7.02. The first-order valence-corrected chi connectivity index (χ1v) is 22.6. The van der Waals surface area contributed by atoms with Crippen molar-refractivity contribution >= 4 is 0 Å². The summed E-state index contributed by atoms with van der Waals surface area (Å²) in [6.45, 7) is 0. The van der Waals surface area contributed by atoms with Gasteiger partial charge in [-0.3, -0.25) is 0 Å². The van der Waals surface area contributed by atoms with Crippen molar-refractivity contribution in [3.8, 4) is 90.1 Å². The Kier molecular flexibility index (Phi) is 7.76. The summed E-state index contributed by atoms with van der Waals surface area (Å²) < 4.78 is 77.0. The molecule has 0 N–H and O–H groups in total. The predicted octanol–water partition coefficient (Wildman–Crippen LogP) is 15.6. The molecule has 0 saturated carbocycles. The first kappa shape index (κ1) is 31.9. The van der Waals surface area contributed by atoms with E-state index in [1.165, 1.54) is 0 Å². The van der Waals surface area contributed by atoms with Gasteiger partial charge in [-0.25, -0.2) is 19.9 Å². The lowest BCUT2D eigenvalue weighted by molar-refractivity contribution is 0.755. The maximum atomic E-state index is 10.2. The van der Waals surface area contributed by atoms with Crippen molar-refractivity contribution < 1.29 is 11.0 Å². The van der Waals surface area contributed by atoms with E-state index in [2.05, 4.69) is 24.3 Å². The van der Waals surface area contributed by atoms with Gasteiger partial charge in [-0.05, 0) is 79.9 Å². The number of hydrogen-bond donors (Lipinski definition) is 0. The van der Waals surface area contributed by atoms with Crippen LogP contribution in [0.5, 0.6) is 0 Å². The van der Waals surface area contributed by atoms with Crippen molar-refractivity contribution in [2.24, 2.45) is 0 Å². The monoisotopic (exact) mass is 874 g/mol. The highest BCUT2D eigenvalue weighted by Crippen LogP contribution is 2.56. The summed E-state index contributed by atoms with van der Waals surface area (Å²) in [4.78, 5) is 20.2. The van der Waals surface area contributed by atoms with E-state index >= 15 is 0 Å². The molecule has 0 aliphatic heterocycles. The predicted molar refractivity (Wildman–Crippen MR) is 276 cm³/mol. The summed E-state index contributed by atoms with van der Waals surface area (Å²) in [6, 6.07) is 61.0. The van der Waals surface area contributed by atoms with Gasteiger partial charge in [0.25, 0.3) is 0 Å². The minimum absolute atomic E-state index is 0.00836. The van der Waals surface area contributed by atoms with Gasteiger partial charge < -0.3 is 0 Å². The fraction of sp³-hybridized carbons (Fsp3) is 0.0312. The summed E-state index contributed by atoms with van der Waals surface area (Å²) in [5, 5.41) is 0. The van der Waals surface area contributed by atoms with E-state index in [4.69, 9.17) is 22.7 Å². The molecule has 3 aliphatic rings.